The molecule has 1 aliphatic heterocycles. The van der Waals surface area contributed by atoms with Crippen molar-refractivity contribution in [1.29, 1.82) is 0 Å². The lowest BCUT2D eigenvalue weighted by atomic mass is 9.70. The molecule has 0 bridgehead atoms. The summed E-state index contributed by atoms with van der Waals surface area (Å²) in [6.07, 6.45) is -4.84. The Kier molecular flexibility index (Phi) is 5.60. The average molecular weight is 447 g/mol. The first-order valence-corrected chi connectivity index (χ1v) is 9.89. The van der Waals surface area contributed by atoms with Crippen LogP contribution in [0.4, 0.5) is 17.6 Å². The van der Waals surface area contributed by atoms with Gasteiger partial charge in [0.25, 0.3) is 0 Å². The summed E-state index contributed by atoms with van der Waals surface area (Å²) in [5, 5.41) is 11.6. The van der Waals surface area contributed by atoms with Gasteiger partial charge >= 0.3 is 6.36 Å². The van der Waals surface area contributed by atoms with Crippen molar-refractivity contribution in [2.75, 3.05) is 20.1 Å². The number of ether oxygens (including phenoxy) is 2. The highest BCUT2D eigenvalue weighted by Gasteiger charge is 2.59. The van der Waals surface area contributed by atoms with E-state index in [2.05, 4.69) is 4.74 Å². The smallest absolute Gasteiger partial charge is 0.457 e. The quantitative estimate of drug-likeness (QED) is 0.523. The molecule has 3 aromatic carbocycles. The molecule has 1 N–H and O–H groups in total. The second kappa shape index (κ2) is 8.11. The highest BCUT2D eigenvalue weighted by atomic mass is 19.4. The van der Waals surface area contributed by atoms with Gasteiger partial charge in [-0.3, -0.25) is 4.90 Å². The molecule has 1 unspecified atom stereocenters. The van der Waals surface area contributed by atoms with Crippen LogP contribution in [0.25, 0.3) is 0 Å². The fourth-order valence-corrected chi connectivity index (χ4v) is 4.01. The molecule has 1 atom stereocenters. The van der Waals surface area contributed by atoms with E-state index in [1.54, 1.807) is 48.3 Å². The predicted molar refractivity (Wildman–Crippen MR) is 110 cm³/mol. The third kappa shape index (κ3) is 4.28. The van der Waals surface area contributed by atoms with E-state index >= 15 is 4.39 Å². The second-order valence-electron chi connectivity index (χ2n) is 7.86. The van der Waals surface area contributed by atoms with Crippen LogP contribution in [-0.4, -0.2) is 42.2 Å². The average Bonchev–Trinajstić information content (AvgIpc) is 2.73. The number of para-hydroxylation sites is 1. The molecule has 0 saturated carbocycles. The van der Waals surface area contributed by atoms with Crippen molar-refractivity contribution in [3.05, 3.63) is 90.0 Å². The number of nitrogens with zero attached hydrogens (tertiary/aromatic N) is 1. The van der Waals surface area contributed by atoms with Gasteiger partial charge in [-0.2, -0.15) is 0 Å². The van der Waals surface area contributed by atoms with Crippen LogP contribution in [0.15, 0.2) is 78.9 Å². The van der Waals surface area contributed by atoms with E-state index in [1.165, 1.54) is 12.1 Å². The fourth-order valence-electron chi connectivity index (χ4n) is 4.01. The van der Waals surface area contributed by atoms with Crippen molar-refractivity contribution in [2.45, 2.75) is 17.6 Å². The molecule has 1 heterocycles. The SMILES string of the molecule is CN1CC(F)(C(O)(c2ccc(Oc3ccccc3)cc2)c2ccc(OC(F)(F)F)cc2)C1. The zero-order chi connectivity index (χ0) is 23.0. The molecule has 1 saturated heterocycles. The Morgan fingerprint density at radius 2 is 1.25 bits per heavy atom. The normalized spacial score (nSPS) is 17.8. The molecule has 1 fully saturated rings. The van der Waals surface area contributed by atoms with Gasteiger partial charge in [-0.25, -0.2) is 4.39 Å². The molecular weight excluding hydrogens is 426 g/mol. The Labute approximate surface area is 182 Å². The van der Waals surface area contributed by atoms with E-state index in [-0.39, 0.29) is 24.2 Å². The first-order valence-electron chi connectivity index (χ1n) is 9.89. The molecule has 0 spiro atoms. The predicted octanol–water partition coefficient (Wildman–Crippen LogP) is 5.27. The molecule has 1 aliphatic rings. The third-order valence-electron chi connectivity index (χ3n) is 5.45. The van der Waals surface area contributed by atoms with Crippen LogP contribution in [0.1, 0.15) is 11.1 Å². The highest BCUT2D eigenvalue weighted by molar-refractivity contribution is 5.45. The van der Waals surface area contributed by atoms with Crippen molar-refractivity contribution < 1.29 is 32.1 Å². The maximum absolute atomic E-state index is 15.9. The van der Waals surface area contributed by atoms with Crippen molar-refractivity contribution in [2.24, 2.45) is 0 Å². The minimum Gasteiger partial charge on any atom is -0.457 e. The second-order valence-corrected chi connectivity index (χ2v) is 7.86. The van der Waals surface area contributed by atoms with Gasteiger partial charge < -0.3 is 14.6 Å². The van der Waals surface area contributed by atoms with Gasteiger partial charge in [-0.15, -0.1) is 13.2 Å². The number of benzene rings is 3. The molecular formula is C24H21F4NO3. The maximum Gasteiger partial charge on any atom is 0.573 e. The molecule has 8 heteroatoms. The summed E-state index contributed by atoms with van der Waals surface area (Å²) in [5.74, 6) is 0.669. The molecule has 0 radical (unpaired) electrons. The Bertz CT molecular complexity index is 1050. The van der Waals surface area contributed by atoms with Crippen LogP contribution in [-0.2, 0) is 5.60 Å². The van der Waals surface area contributed by atoms with E-state index < -0.39 is 23.4 Å². The van der Waals surface area contributed by atoms with Gasteiger partial charge in [-0.1, -0.05) is 42.5 Å². The largest absolute Gasteiger partial charge is 0.573 e. The first-order chi connectivity index (χ1) is 15.1. The van der Waals surface area contributed by atoms with Gasteiger partial charge in [0.05, 0.1) is 0 Å². The molecule has 0 aliphatic carbocycles. The van der Waals surface area contributed by atoms with Gasteiger partial charge in [0.1, 0.15) is 17.2 Å². The first kappa shape index (κ1) is 22.1. The number of alkyl halides is 4. The lowest BCUT2D eigenvalue weighted by molar-refractivity contribution is -0.274. The molecule has 0 aromatic heterocycles. The van der Waals surface area contributed by atoms with Gasteiger partial charge in [-0.05, 0) is 54.6 Å². The van der Waals surface area contributed by atoms with Crippen LogP contribution in [0.5, 0.6) is 17.2 Å². The Hall–Kier alpha value is -3.10. The summed E-state index contributed by atoms with van der Waals surface area (Å²) in [7, 11) is 1.72. The highest BCUT2D eigenvalue weighted by Crippen LogP contribution is 2.47. The summed E-state index contributed by atoms with van der Waals surface area (Å²) >= 11 is 0. The van der Waals surface area contributed by atoms with Crippen LogP contribution in [0.3, 0.4) is 0 Å². The molecule has 0 amide bonds. The number of halogens is 4. The summed E-state index contributed by atoms with van der Waals surface area (Å²) in [4.78, 5) is 1.71. The minimum absolute atomic E-state index is 0.0351. The lowest BCUT2D eigenvalue weighted by Crippen LogP contribution is -2.68. The monoisotopic (exact) mass is 447 g/mol. The summed E-state index contributed by atoms with van der Waals surface area (Å²) in [6, 6.07) is 20.0. The lowest BCUT2D eigenvalue weighted by Gasteiger charge is -2.52. The van der Waals surface area contributed by atoms with Gasteiger partial charge in [0, 0.05) is 13.1 Å². The van der Waals surface area contributed by atoms with Crippen molar-refractivity contribution >= 4 is 0 Å². The van der Waals surface area contributed by atoms with E-state index in [0.29, 0.717) is 11.5 Å². The number of aliphatic hydroxyl groups is 1. The molecule has 32 heavy (non-hydrogen) atoms. The number of likely N-dealkylation sites (tertiary alicyclic amines) is 1. The van der Waals surface area contributed by atoms with Crippen molar-refractivity contribution in [1.82, 2.24) is 4.90 Å². The summed E-state index contributed by atoms with van der Waals surface area (Å²) in [5.41, 5.74) is -3.73. The fraction of sp³-hybridized carbons (Fsp3) is 0.250. The van der Waals surface area contributed by atoms with E-state index in [4.69, 9.17) is 4.74 Å². The van der Waals surface area contributed by atoms with E-state index in [0.717, 1.165) is 12.1 Å². The number of hydrogen-bond donors (Lipinski definition) is 1. The van der Waals surface area contributed by atoms with E-state index in [1.807, 2.05) is 18.2 Å². The topological polar surface area (TPSA) is 41.9 Å². The Morgan fingerprint density at radius 3 is 1.72 bits per heavy atom. The summed E-state index contributed by atoms with van der Waals surface area (Å²) in [6.45, 7) is -0.0703. The number of hydrogen-bond acceptors (Lipinski definition) is 4. The third-order valence-corrected chi connectivity index (χ3v) is 5.45. The summed E-state index contributed by atoms with van der Waals surface area (Å²) < 4.78 is 62.9. The standard InChI is InChI=1S/C24H21F4NO3/c1-29-15-22(25,16-29)23(30,18-9-13-21(14-10-18)32-24(26,27)28)17-7-11-20(12-8-17)31-19-5-3-2-4-6-19/h2-14,30H,15-16H2,1H3. The van der Waals surface area contributed by atoms with Crippen LogP contribution in [0.2, 0.25) is 0 Å². The van der Waals surface area contributed by atoms with Gasteiger partial charge in [0.2, 0.25) is 0 Å². The zero-order valence-corrected chi connectivity index (χ0v) is 17.1. The number of rotatable bonds is 6. The Balaban J connectivity index is 1.66. The molecule has 3 aromatic rings. The van der Waals surface area contributed by atoms with Crippen LogP contribution >= 0.6 is 0 Å². The Morgan fingerprint density at radius 1 is 0.781 bits per heavy atom. The van der Waals surface area contributed by atoms with Crippen LogP contribution < -0.4 is 9.47 Å². The zero-order valence-electron chi connectivity index (χ0n) is 17.1. The molecule has 4 rings (SSSR count). The van der Waals surface area contributed by atoms with Gasteiger partial charge in [0.15, 0.2) is 11.3 Å². The minimum atomic E-state index is -4.84. The van der Waals surface area contributed by atoms with Crippen molar-refractivity contribution in [3.63, 3.8) is 0 Å². The van der Waals surface area contributed by atoms with E-state index in [9.17, 15) is 18.3 Å². The molecule has 4 nitrogen and oxygen atoms in total. The van der Waals surface area contributed by atoms with Crippen LogP contribution in [0, 0.1) is 0 Å². The molecule has 168 valence electrons. The van der Waals surface area contributed by atoms with Crippen molar-refractivity contribution in [3.8, 4) is 17.2 Å². The maximum atomic E-state index is 15.9.